The Morgan fingerprint density at radius 1 is 0.545 bits per heavy atom. The Kier molecular flexibility index (Phi) is 6.77. The molecule has 0 amide bonds. The molecule has 0 saturated heterocycles. The van der Waals surface area contributed by atoms with Gasteiger partial charge < -0.3 is 0 Å². The smallest absolute Gasteiger partial charge is 0.159 e. The highest BCUT2D eigenvalue weighted by Gasteiger charge is 2.13. The molecule has 0 nitrogen and oxygen atoms in total. The molecule has 0 aliphatic carbocycles. The second kappa shape index (κ2) is 9.74. The van der Waals surface area contributed by atoms with Crippen molar-refractivity contribution in [2.75, 3.05) is 0 Å². The van der Waals surface area contributed by atoms with E-state index in [-0.39, 0.29) is 17.8 Å². The highest BCUT2D eigenvalue weighted by atomic mass is 19.2. The Morgan fingerprint density at radius 2 is 1.18 bits per heavy atom. The molecule has 0 spiro atoms. The fourth-order valence-electron chi connectivity index (χ4n) is 4.08. The summed E-state index contributed by atoms with van der Waals surface area (Å²) < 4.78 is 70.0. The van der Waals surface area contributed by atoms with Crippen molar-refractivity contribution in [3.8, 4) is 0 Å². The Hall–Kier alpha value is -3.21. The average molecular weight is 454 g/mol. The van der Waals surface area contributed by atoms with Crippen LogP contribution >= 0.6 is 0 Å². The molecule has 0 unspecified atom stereocenters. The number of halogens is 5. The van der Waals surface area contributed by atoms with E-state index in [2.05, 4.69) is 0 Å². The van der Waals surface area contributed by atoms with Gasteiger partial charge in [0.05, 0.1) is 0 Å². The van der Waals surface area contributed by atoms with E-state index in [1.54, 1.807) is 24.3 Å². The molecule has 0 atom stereocenters. The van der Waals surface area contributed by atoms with Crippen LogP contribution in [-0.2, 0) is 32.1 Å². The first-order valence-electron chi connectivity index (χ1n) is 11.0. The lowest BCUT2D eigenvalue weighted by Crippen LogP contribution is -2.01. The van der Waals surface area contributed by atoms with E-state index in [4.69, 9.17) is 0 Å². The number of hydrogen-bond acceptors (Lipinski definition) is 0. The molecule has 0 aromatic heterocycles. The zero-order valence-corrected chi connectivity index (χ0v) is 18.2. The van der Waals surface area contributed by atoms with E-state index in [1.165, 1.54) is 18.2 Å². The van der Waals surface area contributed by atoms with Crippen molar-refractivity contribution in [3.05, 3.63) is 118 Å². The van der Waals surface area contributed by atoms with Gasteiger partial charge in [0, 0.05) is 10.9 Å². The van der Waals surface area contributed by atoms with Crippen molar-refractivity contribution in [1.29, 1.82) is 0 Å². The summed E-state index contributed by atoms with van der Waals surface area (Å²) in [6.07, 6.45) is 1.93. The summed E-state index contributed by atoms with van der Waals surface area (Å²) in [5.74, 6) is -3.25. The minimum absolute atomic E-state index is 0.0612. The Balaban J connectivity index is 1.49. The third-order valence-electron chi connectivity index (χ3n) is 6.04. The second-order valence-corrected chi connectivity index (χ2v) is 8.23. The monoisotopic (exact) mass is 454 g/mol. The molecule has 5 heteroatoms. The molecule has 170 valence electrons. The molecule has 0 saturated carbocycles. The van der Waals surface area contributed by atoms with Gasteiger partial charge in [-0.05, 0) is 84.0 Å². The van der Waals surface area contributed by atoms with Crippen LogP contribution in [0.25, 0.3) is 10.8 Å². The molecule has 0 heterocycles. The summed E-state index contributed by atoms with van der Waals surface area (Å²) in [6, 6.07) is 15.2. The number of fused-ring (bicyclic) bond motifs is 1. The summed E-state index contributed by atoms with van der Waals surface area (Å²) in [7, 11) is 0. The van der Waals surface area contributed by atoms with Crippen molar-refractivity contribution >= 4 is 10.8 Å². The quantitative estimate of drug-likeness (QED) is 0.251. The standard InChI is InChI=1S/C28H23F5/c1-2-17-14-25(30)23(26(31)15-17)11-5-18-4-10-22-21(13-18)9-8-20(28(22)33)7-3-19-6-12-24(29)27(32)16-19/h4,6,8-10,12-16H,2-3,5,7,11H2,1H3. The van der Waals surface area contributed by atoms with E-state index < -0.39 is 23.3 Å². The van der Waals surface area contributed by atoms with Gasteiger partial charge in [-0.2, -0.15) is 0 Å². The van der Waals surface area contributed by atoms with Crippen LogP contribution in [0.4, 0.5) is 22.0 Å². The van der Waals surface area contributed by atoms with Gasteiger partial charge in [-0.1, -0.05) is 43.3 Å². The van der Waals surface area contributed by atoms with Crippen LogP contribution in [0.2, 0.25) is 0 Å². The fourth-order valence-corrected chi connectivity index (χ4v) is 4.08. The maximum atomic E-state index is 15.0. The highest BCUT2D eigenvalue weighted by molar-refractivity contribution is 5.84. The normalized spacial score (nSPS) is 11.3. The van der Waals surface area contributed by atoms with Crippen LogP contribution in [0.5, 0.6) is 0 Å². The van der Waals surface area contributed by atoms with Gasteiger partial charge in [-0.25, -0.2) is 22.0 Å². The summed E-state index contributed by atoms with van der Waals surface area (Å²) in [6.45, 7) is 1.84. The predicted molar refractivity (Wildman–Crippen MR) is 121 cm³/mol. The zero-order valence-electron chi connectivity index (χ0n) is 18.2. The maximum Gasteiger partial charge on any atom is 0.159 e. The van der Waals surface area contributed by atoms with Gasteiger partial charge in [0.15, 0.2) is 11.6 Å². The van der Waals surface area contributed by atoms with E-state index >= 15 is 4.39 Å². The third kappa shape index (κ3) is 5.08. The minimum Gasteiger partial charge on any atom is -0.207 e. The van der Waals surface area contributed by atoms with Gasteiger partial charge in [-0.15, -0.1) is 0 Å². The fraction of sp³-hybridized carbons (Fsp3) is 0.214. The molecular formula is C28H23F5. The van der Waals surface area contributed by atoms with Gasteiger partial charge in [0.2, 0.25) is 0 Å². The molecule has 4 aromatic rings. The number of rotatable bonds is 7. The van der Waals surface area contributed by atoms with Crippen LogP contribution in [0.1, 0.15) is 34.7 Å². The highest BCUT2D eigenvalue weighted by Crippen LogP contribution is 2.25. The van der Waals surface area contributed by atoms with E-state index in [1.807, 2.05) is 13.0 Å². The number of aryl methyl sites for hydroxylation is 4. The van der Waals surface area contributed by atoms with Crippen molar-refractivity contribution < 1.29 is 22.0 Å². The van der Waals surface area contributed by atoms with E-state index in [0.29, 0.717) is 53.1 Å². The van der Waals surface area contributed by atoms with Crippen molar-refractivity contribution in [2.24, 2.45) is 0 Å². The van der Waals surface area contributed by atoms with Crippen molar-refractivity contribution in [2.45, 2.75) is 39.0 Å². The summed E-state index contributed by atoms with van der Waals surface area (Å²) in [5, 5.41) is 1.15. The average Bonchev–Trinajstić information content (AvgIpc) is 2.80. The van der Waals surface area contributed by atoms with Crippen LogP contribution in [0.15, 0.2) is 60.7 Å². The predicted octanol–water partition coefficient (Wildman–Crippen LogP) is 7.67. The van der Waals surface area contributed by atoms with E-state index in [0.717, 1.165) is 17.7 Å². The lowest BCUT2D eigenvalue weighted by atomic mass is 9.96. The van der Waals surface area contributed by atoms with Gasteiger partial charge in [0.25, 0.3) is 0 Å². The lowest BCUT2D eigenvalue weighted by molar-refractivity contribution is 0.507. The number of hydrogen-bond donors (Lipinski definition) is 0. The molecule has 0 fully saturated rings. The summed E-state index contributed by atoms with van der Waals surface area (Å²) in [4.78, 5) is 0. The van der Waals surface area contributed by atoms with E-state index in [9.17, 15) is 17.6 Å². The molecule has 0 aliphatic rings. The SMILES string of the molecule is CCc1cc(F)c(CCc2ccc3c(F)c(CCc4ccc(F)c(F)c4)ccc3c2)c(F)c1. The first kappa shape index (κ1) is 23.0. The molecule has 0 bridgehead atoms. The second-order valence-electron chi connectivity index (χ2n) is 8.23. The summed E-state index contributed by atoms with van der Waals surface area (Å²) >= 11 is 0. The Morgan fingerprint density at radius 3 is 1.88 bits per heavy atom. The van der Waals surface area contributed by atoms with Crippen molar-refractivity contribution in [1.82, 2.24) is 0 Å². The number of benzene rings is 4. The third-order valence-corrected chi connectivity index (χ3v) is 6.04. The molecule has 0 aliphatic heterocycles. The van der Waals surface area contributed by atoms with Crippen LogP contribution in [0.3, 0.4) is 0 Å². The Labute approximate surface area is 189 Å². The maximum absolute atomic E-state index is 15.0. The molecular weight excluding hydrogens is 431 g/mol. The van der Waals surface area contributed by atoms with Crippen LogP contribution < -0.4 is 0 Å². The van der Waals surface area contributed by atoms with Crippen LogP contribution in [0, 0.1) is 29.1 Å². The zero-order chi connectivity index (χ0) is 23.5. The first-order chi connectivity index (χ1) is 15.9. The molecule has 0 radical (unpaired) electrons. The first-order valence-corrected chi connectivity index (χ1v) is 11.0. The minimum atomic E-state index is -0.917. The molecule has 4 aromatic carbocycles. The van der Waals surface area contributed by atoms with Gasteiger partial charge in [0.1, 0.15) is 17.5 Å². The van der Waals surface area contributed by atoms with Crippen molar-refractivity contribution in [3.63, 3.8) is 0 Å². The Bertz CT molecular complexity index is 1290. The van der Waals surface area contributed by atoms with Crippen LogP contribution in [-0.4, -0.2) is 0 Å². The van der Waals surface area contributed by atoms with Gasteiger partial charge >= 0.3 is 0 Å². The lowest BCUT2D eigenvalue weighted by Gasteiger charge is -2.10. The largest absolute Gasteiger partial charge is 0.207 e. The topological polar surface area (TPSA) is 0 Å². The van der Waals surface area contributed by atoms with Gasteiger partial charge in [-0.3, -0.25) is 0 Å². The molecule has 0 N–H and O–H groups in total. The molecule has 4 rings (SSSR count). The molecule has 33 heavy (non-hydrogen) atoms. The summed E-state index contributed by atoms with van der Waals surface area (Å²) in [5.41, 5.74) is 2.62.